The second kappa shape index (κ2) is 8.82. The summed E-state index contributed by atoms with van der Waals surface area (Å²) in [5, 5.41) is 2.54. The number of nitrogens with zero attached hydrogens (tertiary/aromatic N) is 3. The van der Waals surface area contributed by atoms with E-state index in [-0.39, 0.29) is 18.1 Å². The van der Waals surface area contributed by atoms with Crippen LogP contribution >= 0.6 is 15.9 Å². The molecular formula is C19H16BrF3N4O3. The number of hydrogen-bond donors (Lipinski definition) is 1. The van der Waals surface area contributed by atoms with E-state index in [1.165, 1.54) is 6.07 Å². The molecular weight excluding hydrogens is 469 g/mol. The van der Waals surface area contributed by atoms with Gasteiger partial charge >= 0.3 is 12.1 Å². The van der Waals surface area contributed by atoms with Crippen molar-refractivity contribution in [2.75, 3.05) is 11.9 Å². The van der Waals surface area contributed by atoms with Crippen LogP contribution < -0.4 is 5.32 Å². The largest absolute Gasteiger partial charge is 0.466 e. The molecule has 0 fully saturated rings. The molecule has 0 atom stereocenters. The zero-order valence-electron chi connectivity index (χ0n) is 15.7. The van der Waals surface area contributed by atoms with Crippen molar-refractivity contribution in [3.05, 3.63) is 58.2 Å². The Morgan fingerprint density at radius 1 is 1.23 bits per heavy atom. The summed E-state index contributed by atoms with van der Waals surface area (Å²) in [6.45, 7) is 2.03. The lowest BCUT2D eigenvalue weighted by molar-refractivity contribution is -0.143. The fraction of sp³-hybridized carbons (Fsp3) is 0.263. The van der Waals surface area contributed by atoms with Gasteiger partial charge in [-0.2, -0.15) is 13.2 Å². The van der Waals surface area contributed by atoms with Gasteiger partial charge in [0.2, 0.25) is 0 Å². The minimum atomic E-state index is -4.65. The Balaban J connectivity index is 1.78. The van der Waals surface area contributed by atoms with Crippen molar-refractivity contribution in [2.24, 2.45) is 0 Å². The van der Waals surface area contributed by atoms with Crippen molar-refractivity contribution in [3.8, 4) is 0 Å². The Hall–Kier alpha value is -2.95. The lowest BCUT2D eigenvalue weighted by Gasteiger charge is -2.10. The number of carbonyl (C=O) groups excluding carboxylic acids is 2. The maximum absolute atomic E-state index is 12.8. The molecule has 0 spiro atoms. The normalized spacial score (nSPS) is 11.5. The summed E-state index contributed by atoms with van der Waals surface area (Å²) in [5.41, 5.74) is 0.0260. The molecule has 3 aromatic rings. The number of nitrogens with one attached hydrogen (secondary N) is 1. The predicted molar refractivity (Wildman–Crippen MR) is 105 cm³/mol. The molecule has 0 radical (unpaired) electrons. The summed E-state index contributed by atoms with van der Waals surface area (Å²) >= 11 is 3.31. The fourth-order valence-corrected chi connectivity index (χ4v) is 3.05. The summed E-state index contributed by atoms with van der Waals surface area (Å²) < 4.78 is 45.5. The number of imidazole rings is 1. The van der Waals surface area contributed by atoms with E-state index in [9.17, 15) is 22.8 Å². The second-order valence-corrected chi connectivity index (χ2v) is 7.05. The van der Waals surface area contributed by atoms with E-state index in [1.807, 2.05) is 0 Å². The van der Waals surface area contributed by atoms with Crippen LogP contribution in [0.15, 0.2) is 41.1 Å². The Morgan fingerprint density at radius 2 is 2.00 bits per heavy atom. The van der Waals surface area contributed by atoms with Gasteiger partial charge in [0.15, 0.2) is 0 Å². The molecule has 30 heavy (non-hydrogen) atoms. The van der Waals surface area contributed by atoms with E-state index in [2.05, 4.69) is 31.2 Å². The van der Waals surface area contributed by atoms with Gasteiger partial charge in [-0.05, 0) is 41.1 Å². The number of ether oxygens (including phenoxy) is 1. The SMILES string of the molecule is CCOC(=O)CCc1cn2cc(NC(=O)c3cccc(C(F)(F)F)n3)c(Br)cc2n1. The van der Waals surface area contributed by atoms with Crippen LogP contribution in [0.4, 0.5) is 18.9 Å². The van der Waals surface area contributed by atoms with Gasteiger partial charge in [0.05, 0.1) is 24.4 Å². The molecule has 0 aliphatic carbocycles. The zero-order chi connectivity index (χ0) is 21.9. The topological polar surface area (TPSA) is 85.6 Å². The Bertz CT molecular complexity index is 1100. The highest BCUT2D eigenvalue weighted by atomic mass is 79.9. The molecule has 0 saturated heterocycles. The number of anilines is 1. The number of carbonyl (C=O) groups is 2. The van der Waals surface area contributed by atoms with Crippen LogP contribution in [0, 0.1) is 0 Å². The van der Waals surface area contributed by atoms with Gasteiger partial charge in [-0.25, -0.2) is 9.97 Å². The van der Waals surface area contributed by atoms with Crippen molar-refractivity contribution in [3.63, 3.8) is 0 Å². The van der Waals surface area contributed by atoms with Crippen LogP contribution in [0.3, 0.4) is 0 Å². The summed E-state index contributed by atoms with van der Waals surface area (Å²) in [7, 11) is 0. The molecule has 0 unspecified atom stereocenters. The highest BCUT2D eigenvalue weighted by molar-refractivity contribution is 9.10. The van der Waals surface area contributed by atoms with Crippen molar-refractivity contribution in [1.82, 2.24) is 14.4 Å². The number of rotatable bonds is 6. The molecule has 0 saturated carbocycles. The minimum Gasteiger partial charge on any atom is -0.466 e. The van der Waals surface area contributed by atoms with E-state index in [4.69, 9.17) is 4.74 Å². The number of halogens is 4. The van der Waals surface area contributed by atoms with Gasteiger partial charge in [0, 0.05) is 23.3 Å². The van der Waals surface area contributed by atoms with Crippen molar-refractivity contribution in [2.45, 2.75) is 25.9 Å². The van der Waals surface area contributed by atoms with Crippen LogP contribution in [-0.2, 0) is 22.1 Å². The number of aromatic nitrogens is 3. The zero-order valence-corrected chi connectivity index (χ0v) is 17.2. The third-order valence-corrected chi connectivity index (χ3v) is 4.66. The van der Waals surface area contributed by atoms with E-state index in [0.29, 0.717) is 34.5 Å². The number of hydrogen-bond acceptors (Lipinski definition) is 5. The molecule has 158 valence electrons. The molecule has 1 amide bonds. The molecule has 0 aliphatic heterocycles. The summed E-state index contributed by atoms with van der Waals surface area (Å²) in [5.74, 6) is -1.11. The first kappa shape index (κ1) is 21.8. The highest BCUT2D eigenvalue weighted by Crippen LogP contribution is 2.28. The van der Waals surface area contributed by atoms with Crippen LogP contribution in [0.5, 0.6) is 0 Å². The molecule has 11 heteroatoms. The number of amides is 1. The van der Waals surface area contributed by atoms with Crippen LogP contribution in [0.1, 0.15) is 35.2 Å². The van der Waals surface area contributed by atoms with E-state index >= 15 is 0 Å². The minimum absolute atomic E-state index is 0.184. The quantitative estimate of drug-likeness (QED) is 0.528. The molecule has 0 aliphatic rings. The molecule has 3 aromatic heterocycles. The van der Waals surface area contributed by atoms with E-state index in [1.54, 1.807) is 29.8 Å². The second-order valence-electron chi connectivity index (χ2n) is 6.20. The summed E-state index contributed by atoms with van der Waals surface area (Å²) in [4.78, 5) is 31.7. The maximum atomic E-state index is 12.8. The number of fused-ring (bicyclic) bond motifs is 1. The third-order valence-electron chi connectivity index (χ3n) is 4.00. The van der Waals surface area contributed by atoms with Crippen LogP contribution in [0.25, 0.3) is 5.65 Å². The molecule has 0 aromatic carbocycles. The molecule has 7 nitrogen and oxygen atoms in total. The lowest BCUT2D eigenvalue weighted by Crippen LogP contribution is -2.17. The molecule has 0 bridgehead atoms. The maximum Gasteiger partial charge on any atom is 0.433 e. The monoisotopic (exact) mass is 484 g/mol. The van der Waals surface area contributed by atoms with Crippen molar-refractivity contribution >= 4 is 39.1 Å². The summed E-state index contributed by atoms with van der Waals surface area (Å²) in [6.07, 6.45) is -0.824. The van der Waals surface area contributed by atoms with Crippen LogP contribution in [-0.4, -0.2) is 32.9 Å². The predicted octanol–water partition coefficient (Wildman–Crippen LogP) is 4.26. The van der Waals surface area contributed by atoms with Gasteiger partial charge in [-0.3, -0.25) is 9.59 Å². The van der Waals surface area contributed by atoms with Gasteiger partial charge in [0.1, 0.15) is 17.0 Å². The lowest BCUT2D eigenvalue weighted by atomic mass is 10.2. The first-order valence-corrected chi connectivity index (χ1v) is 9.65. The number of esters is 1. The average molecular weight is 485 g/mol. The van der Waals surface area contributed by atoms with E-state index in [0.717, 1.165) is 12.1 Å². The Kier molecular flexibility index (Phi) is 6.40. The fourth-order valence-electron chi connectivity index (χ4n) is 2.64. The van der Waals surface area contributed by atoms with Crippen LogP contribution in [0.2, 0.25) is 0 Å². The highest BCUT2D eigenvalue weighted by Gasteiger charge is 2.33. The van der Waals surface area contributed by atoms with Crippen molar-refractivity contribution < 1.29 is 27.5 Å². The third kappa shape index (κ3) is 5.15. The number of pyridine rings is 2. The van der Waals surface area contributed by atoms with Crippen molar-refractivity contribution in [1.29, 1.82) is 0 Å². The first-order chi connectivity index (χ1) is 14.2. The molecule has 1 N–H and O–H groups in total. The average Bonchev–Trinajstić information content (AvgIpc) is 3.08. The summed E-state index contributed by atoms with van der Waals surface area (Å²) in [6, 6.07) is 4.75. The standard InChI is InChI=1S/C19H16BrF3N4O3/c1-2-30-17(28)7-6-11-9-27-10-14(12(20)8-16(27)24-11)26-18(29)13-4-3-5-15(25-13)19(21,22)23/h3-5,8-10H,2,6-7H2,1H3,(H,26,29). The van der Waals surface area contributed by atoms with Gasteiger partial charge in [-0.15, -0.1) is 0 Å². The Morgan fingerprint density at radius 3 is 2.70 bits per heavy atom. The Labute approximate surface area is 177 Å². The van der Waals surface area contributed by atoms with Gasteiger partial charge < -0.3 is 14.5 Å². The molecule has 3 rings (SSSR count). The smallest absolute Gasteiger partial charge is 0.433 e. The van der Waals surface area contributed by atoms with E-state index < -0.39 is 17.8 Å². The van der Waals surface area contributed by atoms with Gasteiger partial charge in [0.25, 0.3) is 5.91 Å². The van der Waals surface area contributed by atoms with Gasteiger partial charge in [-0.1, -0.05) is 6.07 Å². The molecule has 3 heterocycles. The number of alkyl halides is 3. The first-order valence-electron chi connectivity index (χ1n) is 8.85. The number of aryl methyl sites for hydroxylation is 1.